The van der Waals surface area contributed by atoms with Crippen LogP contribution >= 0.6 is 11.6 Å². The lowest BCUT2D eigenvalue weighted by atomic mass is 9.89. The summed E-state index contributed by atoms with van der Waals surface area (Å²) in [7, 11) is 1.57. The van der Waals surface area contributed by atoms with Crippen molar-refractivity contribution in [2.75, 3.05) is 40.1 Å². The van der Waals surface area contributed by atoms with E-state index in [1.54, 1.807) is 19.2 Å². The number of hydrogen-bond donors (Lipinski definition) is 1. The third-order valence-electron chi connectivity index (χ3n) is 7.03. The van der Waals surface area contributed by atoms with Crippen LogP contribution < -0.4 is 4.74 Å². The highest BCUT2D eigenvalue weighted by Crippen LogP contribution is 2.42. The third-order valence-corrected chi connectivity index (χ3v) is 7.38. The van der Waals surface area contributed by atoms with Gasteiger partial charge in [-0.2, -0.15) is 0 Å². The Hall–Kier alpha value is -1.42. The van der Waals surface area contributed by atoms with Gasteiger partial charge in [-0.3, -0.25) is 4.79 Å². The van der Waals surface area contributed by atoms with Gasteiger partial charge in [-0.15, -0.1) is 0 Å². The van der Waals surface area contributed by atoms with Gasteiger partial charge in [-0.25, -0.2) is 0 Å². The second kappa shape index (κ2) is 19.7. The van der Waals surface area contributed by atoms with Gasteiger partial charge in [0, 0.05) is 37.0 Å². The maximum absolute atomic E-state index is 11.6. The van der Waals surface area contributed by atoms with Crippen LogP contribution in [0.5, 0.6) is 5.75 Å². The number of unbranched alkanes of at least 4 members (excludes halogenated alkanes) is 4. The van der Waals surface area contributed by atoms with Gasteiger partial charge in [0.2, 0.25) is 0 Å². The fraction of sp³-hybridized carbons (Fsp3) is 0.774. The van der Waals surface area contributed by atoms with E-state index in [9.17, 15) is 9.90 Å². The molecule has 0 amide bonds. The smallest absolute Gasteiger partial charge is 0.307 e. The van der Waals surface area contributed by atoms with Crippen LogP contribution in [0, 0.1) is 0 Å². The molecular weight excluding hydrogens is 536 g/mol. The number of ether oxygens (including phenoxy) is 6. The van der Waals surface area contributed by atoms with E-state index in [0.717, 1.165) is 51.4 Å². The lowest BCUT2D eigenvalue weighted by Crippen LogP contribution is -2.58. The molecule has 8 nitrogen and oxygen atoms in total. The molecule has 1 aliphatic heterocycles. The van der Waals surface area contributed by atoms with Crippen LogP contribution in [-0.4, -0.2) is 75.6 Å². The van der Waals surface area contributed by atoms with Gasteiger partial charge >= 0.3 is 5.97 Å². The number of aliphatic carboxylic acids is 1. The minimum Gasteiger partial charge on any atom is -0.496 e. The number of halogens is 1. The number of carbonyl (C=O) groups is 1. The summed E-state index contributed by atoms with van der Waals surface area (Å²) in [6.07, 6.45) is 5.18. The molecule has 0 aliphatic carbocycles. The minimum atomic E-state index is -0.967. The molecule has 1 N–H and O–H groups in total. The van der Waals surface area contributed by atoms with Crippen LogP contribution in [0.2, 0.25) is 5.02 Å². The van der Waals surface area contributed by atoms with Crippen molar-refractivity contribution in [1.82, 2.24) is 0 Å². The second-order valence-corrected chi connectivity index (χ2v) is 10.8. The molecule has 0 saturated carbocycles. The van der Waals surface area contributed by atoms with E-state index in [0.29, 0.717) is 54.9 Å². The number of carboxylic acid groups (broad SMARTS) is 1. The molecule has 1 aromatic rings. The minimum absolute atomic E-state index is 0.216. The fourth-order valence-electron chi connectivity index (χ4n) is 4.73. The molecule has 230 valence electrons. The Kier molecular flexibility index (Phi) is 17.1. The second-order valence-electron chi connectivity index (χ2n) is 10.3. The normalized spacial score (nSPS) is 22.9. The number of benzene rings is 1. The average molecular weight is 587 g/mol. The molecule has 40 heavy (non-hydrogen) atoms. The lowest BCUT2D eigenvalue weighted by molar-refractivity contribution is -0.268. The van der Waals surface area contributed by atoms with E-state index in [1.165, 1.54) is 0 Å². The highest BCUT2D eigenvalue weighted by atomic mass is 35.5. The van der Waals surface area contributed by atoms with Gasteiger partial charge in [0.05, 0.1) is 20.1 Å². The van der Waals surface area contributed by atoms with Crippen LogP contribution in [0.1, 0.15) is 96.3 Å². The van der Waals surface area contributed by atoms with E-state index in [4.69, 9.17) is 40.0 Å². The Morgan fingerprint density at radius 1 is 0.850 bits per heavy atom. The Balaban J connectivity index is 2.58. The van der Waals surface area contributed by atoms with Gasteiger partial charge in [0.25, 0.3) is 0 Å². The van der Waals surface area contributed by atoms with E-state index < -0.39 is 30.4 Å². The first-order valence-electron chi connectivity index (χ1n) is 15.1. The first-order valence-corrected chi connectivity index (χ1v) is 15.4. The summed E-state index contributed by atoms with van der Waals surface area (Å²) in [6, 6.07) is 3.43. The summed E-state index contributed by atoms with van der Waals surface area (Å²) in [4.78, 5) is 11.6. The average Bonchev–Trinajstić information content (AvgIpc) is 2.93. The molecule has 0 bridgehead atoms. The van der Waals surface area contributed by atoms with Gasteiger partial charge in [-0.05, 0) is 43.4 Å². The SMILES string of the molecule is CCCCOC[C@H]1O[C@@H](c2cc(CC(=O)O)c(Cl)cc2OC)[C@H](OCCCC)[C@@H](OCCCC)[C@@H]1OCCCC. The van der Waals surface area contributed by atoms with E-state index in [2.05, 4.69) is 27.7 Å². The predicted molar refractivity (Wildman–Crippen MR) is 157 cm³/mol. The molecule has 0 aromatic heterocycles. The van der Waals surface area contributed by atoms with Crippen molar-refractivity contribution in [2.45, 2.75) is 116 Å². The first-order chi connectivity index (χ1) is 19.4. The number of rotatable bonds is 21. The van der Waals surface area contributed by atoms with E-state index in [1.807, 2.05) is 0 Å². The topological polar surface area (TPSA) is 92.7 Å². The maximum atomic E-state index is 11.6. The quantitative estimate of drug-likeness (QED) is 0.157. The Labute approximate surface area is 245 Å². The van der Waals surface area contributed by atoms with Crippen molar-refractivity contribution >= 4 is 17.6 Å². The van der Waals surface area contributed by atoms with Crippen LogP contribution in [0.3, 0.4) is 0 Å². The Morgan fingerprint density at radius 2 is 1.40 bits per heavy atom. The summed E-state index contributed by atoms with van der Waals surface area (Å²) in [5, 5.41) is 9.83. The summed E-state index contributed by atoms with van der Waals surface area (Å²) < 4.78 is 38.2. The van der Waals surface area contributed by atoms with Crippen molar-refractivity contribution in [3.05, 3.63) is 28.3 Å². The predicted octanol–water partition coefficient (Wildman–Crippen LogP) is 6.79. The first kappa shape index (κ1) is 34.8. The van der Waals surface area contributed by atoms with Gasteiger partial charge in [0.15, 0.2) is 0 Å². The largest absolute Gasteiger partial charge is 0.496 e. The van der Waals surface area contributed by atoms with E-state index in [-0.39, 0.29) is 12.5 Å². The van der Waals surface area contributed by atoms with Gasteiger partial charge < -0.3 is 33.5 Å². The zero-order valence-electron chi connectivity index (χ0n) is 25.1. The van der Waals surface area contributed by atoms with Crippen molar-refractivity contribution in [3.63, 3.8) is 0 Å². The fourth-order valence-corrected chi connectivity index (χ4v) is 4.95. The molecule has 0 radical (unpaired) electrons. The lowest BCUT2D eigenvalue weighted by Gasteiger charge is -2.46. The van der Waals surface area contributed by atoms with Crippen molar-refractivity contribution in [2.24, 2.45) is 0 Å². The molecule has 9 heteroatoms. The van der Waals surface area contributed by atoms with Crippen LogP contribution in [0.4, 0.5) is 0 Å². The Bertz CT molecular complexity index is 851. The molecule has 1 heterocycles. The van der Waals surface area contributed by atoms with Crippen LogP contribution in [-0.2, 0) is 34.9 Å². The maximum Gasteiger partial charge on any atom is 0.307 e. The number of carboxylic acids is 1. The zero-order valence-corrected chi connectivity index (χ0v) is 25.9. The Morgan fingerprint density at radius 3 is 1.95 bits per heavy atom. The molecule has 1 saturated heterocycles. The molecule has 1 aromatic carbocycles. The zero-order chi connectivity index (χ0) is 29.3. The summed E-state index contributed by atoms with van der Waals surface area (Å²) in [5.74, 6) is -0.456. The van der Waals surface area contributed by atoms with Crippen LogP contribution in [0.25, 0.3) is 0 Å². The van der Waals surface area contributed by atoms with Crippen molar-refractivity contribution in [1.29, 1.82) is 0 Å². The monoisotopic (exact) mass is 586 g/mol. The molecule has 1 aliphatic rings. The van der Waals surface area contributed by atoms with Gasteiger partial charge in [-0.1, -0.05) is 65.0 Å². The summed E-state index contributed by atoms with van der Waals surface area (Å²) in [6.45, 7) is 11.2. The van der Waals surface area contributed by atoms with E-state index >= 15 is 0 Å². The number of hydrogen-bond acceptors (Lipinski definition) is 7. The standard InChI is InChI=1S/C31H51ClO8/c1-6-10-14-36-21-26-29(37-15-11-7-2)31(39-17-13-9-4)30(38-16-12-8-3)28(40-26)23-18-22(19-27(33)34)24(32)20-25(23)35-5/h18,20,26,28-31H,6-17,19,21H2,1-5H3,(H,33,34)/t26-,28+,29-,30+,31+/m1/s1. The summed E-state index contributed by atoms with van der Waals surface area (Å²) in [5.41, 5.74) is 1.17. The van der Waals surface area contributed by atoms with Crippen LogP contribution in [0.15, 0.2) is 12.1 Å². The highest BCUT2D eigenvalue weighted by molar-refractivity contribution is 6.31. The van der Waals surface area contributed by atoms with Crippen molar-refractivity contribution in [3.8, 4) is 5.75 Å². The summed E-state index contributed by atoms with van der Waals surface area (Å²) >= 11 is 6.46. The molecule has 0 unspecified atom stereocenters. The third kappa shape index (κ3) is 10.8. The van der Waals surface area contributed by atoms with Crippen molar-refractivity contribution < 1.29 is 38.3 Å². The highest BCUT2D eigenvalue weighted by Gasteiger charge is 2.49. The molecule has 0 spiro atoms. The molecule has 5 atom stereocenters. The molecule has 1 fully saturated rings. The molecule has 2 rings (SSSR count). The van der Waals surface area contributed by atoms with Gasteiger partial charge in [0.1, 0.15) is 36.3 Å². The molecular formula is C31H51ClO8. The number of methoxy groups -OCH3 is 1.